The van der Waals surface area contributed by atoms with Gasteiger partial charge in [-0.15, -0.1) is 0 Å². The number of nitrogens with one attached hydrogen (secondary N) is 2. The Morgan fingerprint density at radius 1 is 0.825 bits per heavy atom. The van der Waals surface area contributed by atoms with Gasteiger partial charge in [-0.05, 0) is 54.4 Å². The summed E-state index contributed by atoms with van der Waals surface area (Å²) in [5, 5.41) is 6.14. The summed E-state index contributed by atoms with van der Waals surface area (Å²) in [6.45, 7) is 1.88. The van der Waals surface area contributed by atoms with Crippen LogP contribution in [0.5, 0.6) is 0 Å². The zero-order valence-corrected chi connectivity index (χ0v) is 24.1. The largest absolute Gasteiger partial charge is 0.345 e. The van der Waals surface area contributed by atoms with Crippen LogP contribution in [-0.2, 0) is 16.6 Å². The van der Waals surface area contributed by atoms with Crippen LogP contribution in [0.1, 0.15) is 44.8 Å². The Bertz CT molecular complexity index is 1630. The molecule has 0 radical (unpaired) electrons. The Morgan fingerprint density at radius 3 is 2.15 bits per heavy atom. The highest BCUT2D eigenvalue weighted by Gasteiger charge is 2.22. The lowest BCUT2D eigenvalue weighted by Crippen LogP contribution is -2.29. The van der Waals surface area contributed by atoms with Crippen LogP contribution in [0, 0.1) is 0 Å². The van der Waals surface area contributed by atoms with Crippen LogP contribution in [0.25, 0.3) is 0 Å². The average molecular weight is 597 g/mol. The van der Waals surface area contributed by atoms with E-state index in [1.807, 2.05) is 37.3 Å². The minimum atomic E-state index is -3.69. The summed E-state index contributed by atoms with van der Waals surface area (Å²) in [6.07, 6.45) is 1.08. The van der Waals surface area contributed by atoms with Crippen LogP contribution in [0.2, 0.25) is 10.0 Å². The Kier molecular flexibility index (Phi) is 9.14. The van der Waals surface area contributed by atoms with Gasteiger partial charge in [-0.3, -0.25) is 13.9 Å². The van der Waals surface area contributed by atoms with Crippen LogP contribution in [0.15, 0.2) is 97.1 Å². The van der Waals surface area contributed by atoms with E-state index in [0.717, 1.165) is 16.1 Å². The Labute approximate surface area is 243 Å². The van der Waals surface area contributed by atoms with Crippen molar-refractivity contribution in [2.24, 2.45) is 0 Å². The predicted octanol–water partition coefficient (Wildman–Crippen LogP) is 6.70. The number of carbonyl (C=O) groups is 2. The fraction of sp³-hybridized carbons (Fsp3) is 0.133. The lowest BCUT2D eigenvalue weighted by molar-refractivity contribution is 0.0940. The first kappa shape index (κ1) is 29.1. The van der Waals surface area contributed by atoms with E-state index in [1.165, 1.54) is 0 Å². The summed E-state index contributed by atoms with van der Waals surface area (Å²) in [6, 6.07) is 27.4. The van der Waals surface area contributed by atoms with Crippen LogP contribution in [0.4, 0.5) is 11.4 Å². The lowest BCUT2D eigenvalue weighted by Gasteiger charge is -2.24. The van der Waals surface area contributed by atoms with Gasteiger partial charge in [0, 0.05) is 5.56 Å². The fourth-order valence-electron chi connectivity index (χ4n) is 4.08. The van der Waals surface area contributed by atoms with E-state index in [4.69, 9.17) is 23.2 Å². The Balaban J connectivity index is 1.48. The molecule has 206 valence electrons. The molecule has 0 fully saturated rings. The first-order valence-electron chi connectivity index (χ1n) is 12.3. The first-order valence-corrected chi connectivity index (χ1v) is 14.9. The minimum Gasteiger partial charge on any atom is -0.345 e. The van der Waals surface area contributed by atoms with Crippen LogP contribution in [-0.4, -0.2) is 26.5 Å². The van der Waals surface area contributed by atoms with Crippen LogP contribution >= 0.6 is 23.2 Å². The maximum Gasteiger partial charge on any atom is 0.255 e. The van der Waals surface area contributed by atoms with Gasteiger partial charge in [0.2, 0.25) is 10.0 Å². The maximum absolute atomic E-state index is 13.0. The number of benzene rings is 4. The molecule has 4 aromatic rings. The van der Waals surface area contributed by atoms with Crippen molar-refractivity contribution in [3.8, 4) is 0 Å². The number of hydrogen-bond acceptors (Lipinski definition) is 4. The smallest absolute Gasteiger partial charge is 0.255 e. The zero-order valence-electron chi connectivity index (χ0n) is 21.8. The molecule has 0 spiro atoms. The molecule has 4 aromatic carbocycles. The van der Waals surface area contributed by atoms with Crippen molar-refractivity contribution in [3.05, 3.63) is 129 Å². The summed E-state index contributed by atoms with van der Waals surface area (Å²) in [5.74, 6) is -0.732. The van der Waals surface area contributed by atoms with Gasteiger partial charge in [-0.1, -0.05) is 83.9 Å². The van der Waals surface area contributed by atoms with Crippen molar-refractivity contribution < 1.29 is 18.0 Å². The number of nitrogens with zero attached hydrogens (tertiary/aromatic N) is 1. The molecule has 0 bridgehead atoms. The molecule has 4 rings (SSSR count). The third-order valence-corrected chi connectivity index (χ3v) is 8.14. The summed E-state index contributed by atoms with van der Waals surface area (Å²) < 4.78 is 26.2. The van der Waals surface area contributed by atoms with E-state index in [-0.39, 0.29) is 34.2 Å². The highest BCUT2D eigenvalue weighted by molar-refractivity contribution is 7.92. The van der Waals surface area contributed by atoms with Crippen LogP contribution < -0.4 is 14.9 Å². The van der Waals surface area contributed by atoms with Gasteiger partial charge in [0.25, 0.3) is 11.8 Å². The molecule has 2 amide bonds. The molecule has 0 unspecified atom stereocenters. The van der Waals surface area contributed by atoms with E-state index in [0.29, 0.717) is 22.4 Å². The van der Waals surface area contributed by atoms with E-state index in [9.17, 15) is 18.0 Å². The van der Waals surface area contributed by atoms with Gasteiger partial charge in [0.15, 0.2) is 0 Å². The van der Waals surface area contributed by atoms with Crippen molar-refractivity contribution >= 4 is 56.4 Å². The number of halogens is 2. The third kappa shape index (κ3) is 7.01. The summed E-state index contributed by atoms with van der Waals surface area (Å²) in [4.78, 5) is 26.1. The van der Waals surface area contributed by atoms with Crippen molar-refractivity contribution in [1.29, 1.82) is 0 Å². The van der Waals surface area contributed by atoms with Crippen molar-refractivity contribution in [1.82, 2.24) is 5.32 Å². The van der Waals surface area contributed by atoms with E-state index in [2.05, 4.69) is 10.6 Å². The molecule has 0 saturated carbocycles. The number of amides is 2. The first-order chi connectivity index (χ1) is 19.0. The quantitative estimate of drug-likeness (QED) is 0.225. The van der Waals surface area contributed by atoms with Crippen molar-refractivity contribution in [2.75, 3.05) is 15.9 Å². The van der Waals surface area contributed by atoms with Gasteiger partial charge in [-0.2, -0.15) is 0 Å². The average Bonchev–Trinajstić information content (AvgIpc) is 2.94. The third-order valence-electron chi connectivity index (χ3n) is 6.21. The van der Waals surface area contributed by atoms with Gasteiger partial charge in [0.1, 0.15) is 0 Å². The summed E-state index contributed by atoms with van der Waals surface area (Å²) in [7, 11) is -3.69. The molecule has 0 aliphatic rings. The number of carbonyl (C=O) groups excluding carboxylic acids is 2. The number of sulfonamides is 1. The van der Waals surface area contributed by atoms with Crippen molar-refractivity contribution in [3.63, 3.8) is 0 Å². The van der Waals surface area contributed by atoms with Crippen LogP contribution in [0.3, 0.4) is 0 Å². The molecule has 0 saturated heterocycles. The summed E-state index contributed by atoms with van der Waals surface area (Å²) >= 11 is 12.4. The molecule has 2 N–H and O–H groups in total. The van der Waals surface area contributed by atoms with Gasteiger partial charge < -0.3 is 10.6 Å². The minimum absolute atomic E-state index is 0.0105. The monoisotopic (exact) mass is 595 g/mol. The second kappa shape index (κ2) is 12.6. The Morgan fingerprint density at radius 2 is 1.48 bits per heavy atom. The number of anilines is 2. The molecule has 7 nitrogen and oxygen atoms in total. The van der Waals surface area contributed by atoms with E-state index < -0.39 is 15.9 Å². The molecule has 0 aliphatic heterocycles. The van der Waals surface area contributed by atoms with Gasteiger partial charge >= 0.3 is 0 Å². The van der Waals surface area contributed by atoms with Gasteiger partial charge in [-0.25, -0.2) is 8.42 Å². The SMILES string of the molecule is C[C@H](NC(=O)c1ccccc1NC(=O)c1ccc(CN(c2cccc(Cl)c2Cl)S(C)(=O)=O)cc1)c1ccccc1. The lowest BCUT2D eigenvalue weighted by atomic mass is 10.1. The van der Waals surface area contributed by atoms with E-state index in [1.54, 1.807) is 66.7 Å². The number of para-hydroxylation sites is 1. The maximum atomic E-state index is 13.0. The topological polar surface area (TPSA) is 95.6 Å². The number of hydrogen-bond donors (Lipinski definition) is 2. The molecule has 10 heteroatoms. The molecule has 0 aromatic heterocycles. The van der Waals surface area contributed by atoms with E-state index >= 15 is 0 Å². The van der Waals surface area contributed by atoms with Crippen molar-refractivity contribution in [2.45, 2.75) is 19.5 Å². The highest BCUT2D eigenvalue weighted by Crippen LogP contribution is 2.34. The fourth-order valence-corrected chi connectivity index (χ4v) is 5.42. The Hall–Kier alpha value is -3.85. The highest BCUT2D eigenvalue weighted by atomic mass is 35.5. The molecule has 0 heterocycles. The predicted molar refractivity (Wildman–Crippen MR) is 161 cm³/mol. The molecule has 0 aliphatic carbocycles. The second-order valence-corrected chi connectivity index (χ2v) is 11.8. The molecule has 1 atom stereocenters. The molecular weight excluding hydrogens is 569 g/mol. The molecular formula is C30H27Cl2N3O4S. The normalized spacial score (nSPS) is 11.9. The second-order valence-electron chi connectivity index (χ2n) is 9.15. The molecule has 40 heavy (non-hydrogen) atoms. The standard InChI is InChI=1S/C30H27Cl2N3O4S/c1-20(22-9-4-3-5-10-22)33-30(37)24-11-6-7-13-26(24)34-29(36)23-17-15-21(16-18-23)19-35(40(2,38)39)27-14-8-12-25(31)28(27)32/h3-18,20H,19H2,1-2H3,(H,33,37)(H,34,36)/t20-/m0/s1. The summed E-state index contributed by atoms with van der Waals surface area (Å²) in [5.41, 5.74) is 2.89. The number of rotatable bonds is 9. The zero-order chi connectivity index (χ0) is 28.9. The van der Waals surface area contributed by atoms with Gasteiger partial charge in [0.05, 0.1) is 45.8 Å².